The van der Waals surface area contributed by atoms with Gasteiger partial charge < -0.3 is 19.2 Å². The first-order valence-corrected chi connectivity index (χ1v) is 10.9. The van der Waals surface area contributed by atoms with Crippen LogP contribution in [0.5, 0.6) is 11.5 Å². The average molecular weight is 456 g/mol. The van der Waals surface area contributed by atoms with E-state index in [1.54, 1.807) is 12.1 Å². The van der Waals surface area contributed by atoms with Crippen molar-refractivity contribution in [1.29, 1.82) is 0 Å². The van der Waals surface area contributed by atoms with Gasteiger partial charge >= 0.3 is 5.63 Å². The predicted octanol–water partition coefficient (Wildman–Crippen LogP) is 5.52. The second-order valence-electron chi connectivity index (χ2n) is 7.81. The number of aryl methyl sites for hydroxylation is 2. The smallest absolute Gasteiger partial charge is 0.336 e. The first kappa shape index (κ1) is 22.9. The van der Waals surface area contributed by atoms with Crippen LogP contribution < -0.4 is 20.4 Å². The third-order valence-electron chi connectivity index (χ3n) is 5.25. The zero-order chi connectivity index (χ0) is 23.9. The van der Waals surface area contributed by atoms with E-state index in [0.29, 0.717) is 30.3 Å². The summed E-state index contributed by atoms with van der Waals surface area (Å²) in [6.07, 6.45) is 3.25. The van der Waals surface area contributed by atoms with Gasteiger partial charge in [0.05, 0.1) is 0 Å². The lowest BCUT2D eigenvalue weighted by Crippen LogP contribution is -2.09. The summed E-state index contributed by atoms with van der Waals surface area (Å²) in [5.74, 6) is 1.12. The lowest BCUT2D eigenvalue weighted by Gasteiger charge is -2.09. The molecule has 6 nitrogen and oxygen atoms in total. The molecule has 0 aliphatic carbocycles. The normalized spacial score (nSPS) is 11.0. The van der Waals surface area contributed by atoms with Crippen molar-refractivity contribution >= 4 is 28.6 Å². The fraction of sp³-hybridized carbons (Fsp3) is 0.143. The molecule has 1 amide bonds. The molecule has 6 heteroatoms. The van der Waals surface area contributed by atoms with E-state index < -0.39 is 0 Å². The van der Waals surface area contributed by atoms with Crippen LogP contribution in [0.25, 0.3) is 17.0 Å². The van der Waals surface area contributed by atoms with Crippen molar-refractivity contribution in [2.24, 2.45) is 0 Å². The zero-order valence-electron chi connectivity index (χ0n) is 19.0. The van der Waals surface area contributed by atoms with E-state index in [4.69, 9.17) is 13.9 Å². The number of ether oxygens (including phenoxy) is 2. The molecule has 0 saturated carbocycles. The zero-order valence-corrected chi connectivity index (χ0v) is 19.0. The number of fused-ring (bicyclic) bond motifs is 1. The molecule has 0 saturated heterocycles. The van der Waals surface area contributed by atoms with Crippen molar-refractivity contribution in [1.82, 2.24) is 0 Å². The van der Waals surface area contributed by atoms with Gasteiger partial charge in [-0.15, -0.1) is 0 Å². The van der Waals surface area contributed by atoms with Crippen LogP contribution in [0.3, 0.4) is 0 Å². The maximum absolute atomic E-state index is 12.1. The molecule has 4 aromatic rings. The molecule has 0 aliphatic heterocycles. The molecule has 172 valence electrons. The molecule has 0 bridgehead atoms. The molecule has 0 spiro atoms. The van der Waals surface area contributed by atoms with Gasteiger partial charge in [0, 0.05) is 29.3 Å². The molecular formula is C28H25NO5. The van der Waals surface area contributed by atoms with Crippen molar-refractivity contribution in [3.05, 3.63) is 106 Å². The Morgan fingerprint density at radius 1 is 0.882 bits per heavy atom. The van der Waals surface area contributed by atoms with Crippen LogP contribution in [-0.2, 0) is 4.79 Å². The summed E-state index contributed by atoms with van der Waals surface area (Å²) in [5, 5.41) is 3.75. The fourth-order valence-corrected chi connectivity index (χ4v) is 3.45. The second-order valence-corrected chi connectivity index (χ2v) is 7.81. The van der Waals surface area contributed by atoms with Gasteiger partial charge in [-0.2, -0.15) is 0 Å². The highest BCUT2D eigenvalue weighted by Gasteiger charge is 2.05. The number of rotatable bonds is 8. The number of anilines is 1. The summed E-state index contributed by atoms with van der Waals surface area (Å²) in [7, 11) is 0. The van der Waals surface area contributed by atoms with Crippen molar-refractivity contribution < 1.29 is 18.7 Å². The summed E-state index contributed by atoms with van der Waals surface area (Å²) in [5.41, 5.74) is 3.68. The summed E-state index contributed by atoms with van der Waals surface area (Å²) >= 11 is 0. The van der Waals surface area contributed by atoms with Gasteiger partial charge in [-0.3, -0.25) is 4.79 Å². The Morgan fingerprint density at radius 2 is 1.59 bits per heavy atom. The van der Waals surface area contributed by atoms with Crippen LogP contribution in [0, 0.1) is 13.8 Å². The van der Waals surface area contributed by atoms with Crippen molar-refractivity contribution in [3.63, 3.8) is 0 Å². The van der Waals surface area contributed by atoms with Crippen LogP contribution in [-0.4, -0.2) is 19.1 Å². The molecule has 0 fully saturated rings. The minimum atomic E-state index is -0.379. The van der Waals surface area contributed by atoms with Crippen molar-refractivity contribution in [2.75, 3.05) is 18.5 Å². The van der Waals surface area contributed by atoms with Crippen LogP contribution >= 0.6 is 0 Å². The monoisotopic (exact) mass is 455 g/mol. The second kappa shape index (κ2) is 10.5. The third-order valence-corrected chi connectivity index (χ3v) is 5.25. The minimum Gasteiger partial charge on any atom is -0.490 e. The topological polar surface area (TPSA) is 77.8 Å². The van der Waals surface area contributed by atoms with Crippen molar-refractivity contribution in [3.8, 4) is 11.5 Å². The third kappa shape index (κ3) is 5.92. The number of carbonyl (C=O) groups excluding carboxylic acids is 1. The standard InChI is InChI=1S/C28H25NO5/c1-19-5-3-4-6-25(19)29-27(30)14-9-21-7-10-22(11-8-21)32-15-16-33-23-12-13-24-20(2)17-28(31)34-26(24)18-23/h3-14,17-18H,15-16H2,1-2H3,(H,29,30)/b14-9+. The molecule has 1 heterocycles. The Hall–Kier alpha value is -4.32. The number of amides is 1. The molecule has 4 rings (SSSR count). The van der Waals surface area contributed by atoms with Gasteiger partial charge in [0.2, 0.25) is 5.91 Å². The average Bonchev–Trinajstić information content (AvgIpc) is 2.82. The van der Waals surface area contributed by atoms with Crippen molar-refractivity contribution in [2.45, 2.75) is 13.8 Å². The highest BCUT2D eigenvalue weighted by atomic mass is 16.5. The number of nitrogens with one attached hydrogen (secondary N) is 1. The molecule has 34 heavy (non-hydrogen) atoms. The van der Waals surface area contributed by atoms with Gasteiger partial charge in [-0.05, 0) is 66.9 Å². The lowest BCUT2D eigenvalue weighted by atomic mass is 10.1. The SMILES string of the molecule is Cc1ccccc1NC(=O)/C=C/c1ccc(OCCOc2ccc3c(C)cc(=O)oc3c2)cc1. The quantitative estimate of drug-likeness (QED) is 0.215. The lowest BCUT2D eigenvalue weighted by molar-refractivity contribution is -0.111. The number of carbonyl (C=O) groups is 1. The summed E-state index contributed by atoms with van der Waals surface area (Å²) < 4.78 is 16.7. The molecule has 0 atom stereocenters. The number of para-hydroxylation sites is 1. The molecule has 0 unspecified atom stereocenters. The van der Waals surface area contributed by atoms with E-state index in [1.807, 2.05) is 74.5 Å². The Labute approximate surface area is 197 Å². The molecule has 3 aromatic carbocycles. The van der Waals surface area contributed by atoms with Crippen LogP contribution in [0.1, 0.15) is 16.7 Å². The molecule has 0 radical (unpaired) electrons. The highest BCUT2D eigenvalue weighted by molar-refractivity contribution is 6.02. The number of hydrogen-bond acceptors (Lipinski definition) is 5. The Balaban J connectivity index is 1.25. The minimum absolute atomic E-state index is 0.185. The van der Waals surface area contributed by atoms with Gasteiger partial charge in [-0.25, -0.2) is 4.79 Å². The highest BCUT2D eigenvalue weighted by Crippen LogP contribution is 2.22. The van der Waals surface area contributed by atoms with Gasteiger partial charge in [0.15, 0.2) is 0 Å². The van der Waals surface area contributed by atoms with Gasteiger partial charge in [-0.1, -0.05) is 30.3 Å². The van der Waals surface area contributed by atoms with E-state index in [0.717, 1.165) is 27.8 Å². The molecule has 1 N–H and O–H groups in total. The maximum atomic E-state index is 12.1. The van der Waals surface area contributed by atoms with E-state index >= 15 is 0 Å². The van der Waals surface area contributed by atoms with Gasteiger partial charge in [0.25, 0.3) is 0 Å². The van der Waals surface area contributed by atoms with E-state index in [-0.39, 0.29) is 11.5 Å². The maximum Gasteiger partial charge on any atom is 0.336 e. The Kier molecular flexibility index (Phi) is 7.08. The Bertz CT molecular complexity index is 1390. The number of benzene rings is 3. The summed E-state index contributed by atoms with van der Waals surface area (Å²) in [6, 6.07) is 22.0. The van der Waals surface area contributed by atoms with Crippen LogP contribution in [0.15, 0.2) is 88.1 Å². The molecule has 1 aromatic heterocycles. The van der Waals surface area contributed by atoms with E-state index in [1.165, 1.54) is 12.1 Å². The van der Waals surface area contributed by atoms with Crippen LogP contribution in [0.4, 0.5) is 5.69 Å². The largest absolute Gasteiger partial charge is 0.490 e. The number of hydrogen-bond donors (Lipinski definition) is 1. The molecular weight excluding hydrogens is 430 g/mol. The van der Waals surface area contributed by atoms with Crippen LogP contribution in [0.2, 0.25) is 0 Å². The Morgan fingerprint density at radius 3 is 2.35 bits per heavy atom. The predicted molar refractivity (Wildman–Crippen MR) is 133 cm³/mol. The van der Waals surface area contributed by atoms with E-state index in [2.05, 4.69) is 5.32 Å². The first-order valence-electron chi connectivity index (χ1n) is 10.9. The molecule has 0 aliphatic rings. The van der Waals surface area contributed by atoms with Gasteiger partial charge in [0.1, 0.15) is 30.3 Å². The van der Waals surface area contributed by atoms with E-state index in [9.17, 15) is 9.59 Å². The fourth-order valence-electron chi connectivity index (χ4n) is 3.45. The first-order chi connectivity index (χ1) is 16.5. The summed E-state index contributed by atoms with van der Waals surface area (Å²) in [6.45, 7) is 4.51. The summed E-state index contributed by atoms with van der Waals surface area (Å²) in [4.78, 5) is 23.7.